The quantitative estimate of drug-likeness (QED) is 0.609. The number of benzene rings is 1. The van der Waals surface area contributed by atoms with Gasteiger partial charge >= 0.3 is 5.69 Å². The largest absolute Gasteiger partial charge is 0.487 e. The lowest BCUT2D eigenvalue weighted by molar-refractivity contribution is -0.385. The Balaban J connectivity index is 2.51. The summed E-state index contributed by atoms with van der Waals surface area (Å²) < 4.78 is 11.0. The Morgan fingerprint density at radius 3 is 2.78 bits per heavy atom. The number of rotatable bonds is 3. The van der Waals surface area contributed by atoms with Crippen molar-refractivity contribution in [2.45, 2.75) is 26.4 Å². The number of nitro groups is 1. The summed E-state index contributed by atoms with van der Waals surface area (Å²) >= 11 is 0. The van der Waals surface area contributed by atoms with Crippen LogP contribution in [0.3, 0.4) is 0 Å². The fraction of sp³-hybridized carbons (Fsp3) is 0.385. The van der Waals surface area contributed by atoms with E-state index in [0.717, 1.165) is 0 Å². The van der Waals surface area contributed by atoms with Crippen LogP contribution in [0.2, 0.25) is 0 Å². The molecule has 1 aliphatic heterocycles. The Hall–Kier alpha value is -2.04. The van der Waals surface area contributed by atoms with Crippen molar-refractivity contribution in [2.75, 3.05) is 6.61 Å². The van der Waals surface area contributed by atoms with E-state index in [0.29, 0.717) is 17.9 Å². The van der Waals surface area contributed by atoms with Gasteiger partial charge in [0.1, 0.15) is 11.4 Å². The van der Waals surface area contributed by atoms with Crippen LogP contribution < -0.4 is 9.47 Å². The fourth-order valence-corrected chi connectivity index (χ4v) is 1.81. The van der Waals surface area contributed by atoms with Crippen LogP contribution in [-0.2, 0) is 0 Å². The molecule has 0 atom stereocenters. The van der Waals surface area contributed by atoms with Crippen LogP contribution in [0.25, 0.3) is 6.08 Å². The van der Waals surface area contributed by atoms with Gasteiger partial charge in [0.15, 0.2) is 0 Å². The van der Waals surface area contributed by atoms with Gasteiger partial charge in [0.25, 0.3) is 0 Å². The Bertz CT molecular complexity index is 520. The summed E-state index contributed by atoms with van der Waals surface area (Å²) in [7, 11) is 0. The third kappa shape index (κ3) is 2.30. The molecule has 5 nitrogen and oxygen atoms in total. The van der Waals surface area contributed by atoms with E-state index in [1.807, 2.05) is 26.0 Å². The highest BCUT2D eigenvalue weighted by atomic mass is 16.6. The number of ether oxygens (including phenoxy) is 2. The Morgan fingerprint density at radius 1 is 1.44 bits per heavy atom. The molecule has 0 N–H and O–H groups in total. The molecule has 0 saturated heterocycles. The molecule has 0 radical (unpaired) electrons. The molecule has 0 spiro atoms. The maximum absolute atomic E-state index is 11.0. The second-order valence-electron chi connectivity index (χ2n) is 4.59. The summed E-state index contributed by atoms with van der Waals surface area (Å²) in [5.41, 5.74) is 0.250. The lowest BCUT2D eigenvalue weighted by atomic mass is 10.0. The standard InChI is InChI=1S/C13H15NO4/c1-4-17-12-8-11-9(7-10(12)14(15)16)5-6-13(2,3)18-11/h5-8H,4H2,1-3H3. The van der Waals surface area contributed by atoms with Crippen LogP contribution in [0, 0.1) is 10.1 Å². The summed E-state index contributed by atoms with van der Waals surface area (Å²) in [6, 6.07) is 3.06. The Kier molecular flexibility index (Phi) is 2.98. The summed E-state index contributed by atoms with van der Waals surface area (Å²) in [6.07, 6.45) is 3.71. The average Bonchev–Trinajstić information content (AvgIpc) is 2.27. The van der Waals surface area contributed by atoms with E-state index in [-0.39, 0.29) is 11.4 Å². The molecule has 0 aromatic heterocycles. The molecule has 1 aromatic carbocycles. The zero-order chi connectivity index (χ0) is 13.3. The summed E-state index contributed by atoms with van der Waals surface area (Å²) in [6.45, 7) is 6.01. The molecule has 1 aliphatic rings. The topological polar surface area (TPSA) is 61.6 Å². The van der Waals surface area contributed by atoms with Crippen LogP contribution >= 0.6 is 0 Å². The molecule has 0 saturated carbocycles. The van der Waals surface area contributed by atoms with E-state index in [1.165, 1.54) is 6.07 Å². The summed E-state index contributed by atoms with van der Waals surface area (Å²) in [5.74, 6) is 0.851. The van der Waals surface area contributed by atoms with Gasteiger partial charge in [0, 0.05) is 17.7 Å². The predicted octanol–water partition coefficient (Wildman–Crippen LogP) is 3.18. The molecule has 1 heterocycles. The van der Waals surface area contributed by atoms with Gasteiger partial charge < -0.3 is 9.47 Å². The zero-order valence-electron chi connectivity index (χ0n) is 10.6. The lowest BCUT2D eigenvalue weighted by Crippen LogP contribution is -2.27. The summed E-state index contributed by atoms with van der Waals surface area (Å²) in [4.78, 5) is 10.5. The van der Waals surface area contributed by atoms with E-state index in [9.17, 15) is 10.1 Å². The summed E-state index contributed by atoms with van der Waals surface area (Å²) in [5, 5.41) is 11.0. The van der Waals surface area contributed by atoms with Crippen LogP contribution in [0.4, 0.5) is 5.69 Å². The predicted molar refractivity (Wildman–Crippen MR) is 68.0 cm³/mol. The molecular weight excluding hydrogens is 234 g/mol. The number of nitrogens with zero attached hydrogens (tertiary/aromatic N) is 1. The van der Waals surface area contributed by atoms with E-state index in [1.54, 1.807) is 13.0 Å². The van der Waals surface area contributed by atoms with Crippen LogP contribution in [-0.4, -0.2) is 17.1 Å². The third-order valence-corrected chi connectivity index (χ3v) is 2.63. The van der Waals surface area contributed by atoms with Crippen molar-refractivity contribution in [3.8, 4) is 11.5 Å². The zero-order valence-corrected chi connectivity index (χ0v) is 10.6. The molecule has 96 valence electrons. The second kappa shape index (κ2) is 4.33. The molecule has 0 unspecified atom stereocenters. The van der Waals surface area contributed by atoms with Gasteiger partial charge in [-0.15, -0.1) is 0 Å². The first-order valence-corrected chi connectivity index (χ1v) is 5.76. The minimum absolute atomic E-state index is 0.0384. The van der Waals surface area contributed by atoms with E-state index < -0.39 is 10.5 Å². The van der Waals surface area contributed by atoms with Crippen molar-refractivity contribution in [1.29, 1.82) is 0 Å². The molecule has 2 rings (SSSR count). The van der Waals surface area contributed by atoms with Crippen LogP contribution in [0.15, 0.2) is 18.2 Å². The minimum atomic E-state index is -0.446. The van der Waals surface area contributed by atoms with E-state index in [2.05, 4.69) is 0 Å². The first-order valence-electron chi connectivity index (χ1n) is 5.76. The normalized spacial score (nSPS) is 15.7. The van der Waals surface area contributed by atoms with Crippen molar-refractivity contribution in [2.24, 2.45) is 0 Å². The number of hydrogen-bond acceptors (Lipinski definition) is 4. The van der Waals surface area contributed by atoms with Gasteiger partial charge in [-0.1, -0.05) is 6.08 Å². The van der Waals surface area contributed by atoms with Gasteiger partial charge in [0.2, 0.25) is 5.75 Å². The lowest BCUT2D eigenvalue weighted by Gasteiger charge is -2.27. The smallest absolute Gasteiger partial charge is 0.311 e. The third-order valence-electron chi connectivity index (χ3n) is 2.63. The Morgan fingerprint density at radius 2 is 2.17 bits per heavy atom. The highest BCUT2D eigenvalue weighted by molar-refractivity contribution is 5.67. The maximum atomic E-state index is 11.0. The van der Waals surface area contributed by atoms with E-state index >= 15 is 0 Å². The molecule has 5 heteroatoms. The minimum Gasteiger partial charge on any atom is -0.487 e. The van der Waals surface area contributed by atoms with Crippen LogP contribution in [0.1, 0.15) is 26.3 Å². The fourth-order valence-electron chi connectivity index (χ4n) is 1.81. The first-order chi connectivity index (χ1) is 8.43. The van der Waals surface area contributed by atoms with E-state index in [4.69, 9.17) is 9.47 Å². The van der Waals surface area contributed by atoms with Crippen molar-refractivity contribution >= 4 is 11.8 Å². The van der Waals surface area contributed by atoms with Crippen molar-refractivity contribution in [3.05, 3.63) is 33.9 Å². The molecule has 18 heavy (non-hydrogen) atoms. The Labute approximate surface area is 105 Å². The van der Waals surface area contributed by atoms with Gasteiger partial charge in [-0.2, -0.15) is 0 Å². The highest BCUT2D eigenvalue weighted by Crippen LogP contribution is 2.39. The van der Waals surface area contributed by atoms with Crippen LogP contribution in [0.5, 0.6) is 11.5 Å². The number of hydrogen-bond donors (Lipinski definition) is 0. The van der Waals surface area contributed by atoms with Gasteiger partial charge in [-0.25, -0.2) is 0 Å². The average molecular weight is 249 g/mol. The molecule has 0 amide bonds. The molecular formula is C13H15NO4. The molecule has 0 fully saturated rings. The van der Waals surface area contributed by atoms with Crippen molar-refractivity contribution in [3.63, 3.8) is 0 Å². The second-order valence-corrected chi connectivity index (χ2v) is 4.59. The van der Waals surface area contributed by atoms with Gasteiger partial charge in [0.05, 0.1) is 11.5 Å². The number of fused-ring (bicyclic) bond motifs is 1. The highest BCUT2D eigenvalue weighted by Gasteiger charge is 2.26. The van der Waals surface area contributed by atoms with Crippen molar-refractivity contribution < 1.29 is 14.4 Å². The maximum Gasteiger partial charge on any atom is 0.311 e. The first kappa shape index (κ1) is 12.4. The molecule has 0 bridgehead atoms. The number of nitro benzene ring substituents is 1. The monoisotopic (exact) mass is 249 g/mol. The van der Waals surface area contributed by atoms with Gasteiger partial charge in [-0.3, -0.25) is 10.1 Å². The van der Waals surface area contributed by atoms with Gasteiger partial charge in [-0.05, 0) is 26.8 Å². The SMILES string of the molecule is CCOc1cc2c(cc1[N+](=O)[O-])C=CC(C)(C)O2. The molecule has 1 aromatic rings. The van der Waals surface area contributed by atoms with Crippen molar-refractivity contribution in [1.82, 2.24) is 0 Å². The molecule has 0 aliphatic carbocycles.